The first-order chi connectivity index (χ1) is 68.1. The van der Waals surface area contributed by atoms with Crippen molar-refractivity contribution in [3.05, 3.63) is 191 Å². The van der Waals surface area contributed by atoms with Crippen LogP contribution in [0.25, 0.3) is 24.3 Å². The Balaban J connectivity index is 0.930. The molecule has 0 aliphatic rings. The van der Waals surface area contributed by atoms with Gasteiger partial charge in [0.05, 0.1) is 122 Å². The minimum absolute atomic E-state index is 0.159. The summed E-state index contributed by atoms with van der Waals surface area (Å²) in [4.78, 5) is 60.4. The summed E-state index contributed by atoms with van der Waals surface area (Å²) in [7, 11) is 11.8. The zero-order valence-electron chi connectivity index (χ0n) is 84.6. The van der Waals surface area contributed by atoms with Gasteiger partial charge in [-0.05, 0) is 200 Å². The fraction of sp³-hybridized carbons (Fsp3) is 0.522. The molecule has 0 heterocycles. The van der Waals surface area contributed by atoms with E-state index in [1.807, 2.05) is 115 Å². The standard InChI is InChI=1S/C115H158O24/c1-10-11-12-41-74-137-115(120)96-83-101(138-88-94-75-97(129-66-42-33-25-17-13-21-29-37-46-70-133-103-58-50-90(79-107(103)121-2)54-62-111(116)125-6)85-98(76-94)130-67-43-34-26-18-14-22-30-38-47-71-134-104-59-51-91(80-108(104)122-3)55-63-112(117)126-7)87-102(84-96)139-89-95-77-99(131-68-44-35-27-19-15-23-31-39-48-72-135-105-60-52-92(81-109(105)123-4)56-64-113(118)127-8)86-100(78-95)132-69-45-36-28-20-16-24-32-40-49-73-136-106-61-53-93(82-110(106)124-5)57-65-114(119)128-9/h50-65,75-87H,10-49,66-74,88-89H2,1-9H3. The van der Waals surface area contributed by atoms with E-state index in [-0.39, 0.29) is 13.2 Å². The molecule has 0 spiro atoms. The molecule has 24 heteroatoms. The Kier molecular flexibility index (Phi) is 59.4. The lowest BCUT2D eigenvalue weighted by Crippen LogP contribution is -2.08. The molecule has 139 heavy (non-hydrogen) atoms. The molecule has 0 radical (unpaired) electrons. The Morgan fingerprint density at radius 1 is 0.216 bits per heavy atom. The van der Waals surface area contributed by atoms with Crippen LogP contribution in [0.15, 0.2) is 152 Å². The lowest BCUT2D eigenvalue weighted by atomic mass is 10.1. The number of esters is 5. The Labute approximate surface area is 828 Å². The van der Waals surface area contributed by atoms with E-state index >= 15 is 0 Å². The van der Waals surface area contributed by atoms with Crippen LogP contribution < -0.4 is 66.3 Å². The van der Waals surface area contributed by atoms with Crippen LogP contribution in [0.4, 0.5) is 0 Å². The van der Waals surface area contributed by atoms with Crippen LogP contribution >= 0.6 is 0 Å². The second-order valence-electron chi connectivity index (χ2n) is 34.7. The van der Waals surface area contributed by atoms with Crippen molar-refractivity contribution in [2.45, 2.75) is 277 Å². The minimum Gasteiger partial charge on any atom is -0.493 e. The Bertz CT molecular complexity index is 4220. The number of carbonyl (C=O) groups excluding carboxylic acids is 5. The van der Waals surface area contributed by atoms with E-state index in [0.717, 1.165) is 239 Å². The maximum absolute atomic E-state index is 14.0. The van der Waals surface area contributed by atoms with Crippen LogP contribution in [0.2, 0.25) is 0 Å². The van der Waals surface area contributed by atoms with E-state index in [2.05, 4.69) is 6.92 Å². The van der Waals surface area contributed by atoms with E-state index in [4.69, 9.17) is 90.0 Å². The number of hydrogen-bond acceptors (Lipinski definition) is 24. The van der Waals surface area contributed by atoms with Gasteiger partial charge in [0, 0.05) is 42.5 Å². The molecule has 0 saturated carbocycles. The van der Waals surface area contributed by atoms with Gasteiger partial charge in [-0.15, -0.1) is 0 Å². The number of ether oxygens (including phenoxy) is 19. The molecule has 0 fully saturated rings. The Morgan fingerprint density at radius 3 is 0.647 bits per heavy atom. The van der Waals surface area contributed by atoms with Crippen LogP contribution in [0.1, 0.15) is 307 Å². The Morgan fingerprint density at radius 2 is 0.424 bits per heavy atom. The number of hydrogen-bond donors (Lipinski definition) is 0. The van der Waals surface area contributed by atoms with Crippen molar-refractivity contribution in [3.8, 4) is 80.5 Å². The molecule has 0 aliphatic heterocycles. The van der Waals surface area contributed by atoms with Gasteiger partial charge in [-0.2, -0.15) is 0 Å². The molecule has 7 rings (SSSR count). The summed E-state index contributed by atoms with van der Waals surface area (Å²) >= 11 is 0. The van der Waals surface area contributed by atoms with Crippen LogP contribution in [0.3, 0.4) is 0 Å². The van der Waals surface area contributed by atoms with Crippen molar-refractivity contribution < 1.29 is 114 Å². The Hall–Kier alpha value is -12.0. The summed E-state index contributed by atoms with van der Waals surface area (Å²) in [5.41, 5.74) is 5.29. The average Bonchev–Trinajstić information content (AvgIpc) is 0.815. The first kappa shape index (κ1) is 114. The number of carbonyl (C=O) groups is 5. The highest BCUT2D eigenvalue weighted by Crippen LogP contribution is 2.36. The average molecular weight is 1920 g/mol. The van der Waals surface area contributed by atoms with Gasteiger partial charge in [-0.3, -0.25) is 0 Å². The molecule has 0 atom stereocenters. The molecule has 762 valence electrons. The highest BCUT2D eigenvalue weighted by atomic mass is 16.6. The number of unbranched alkanes of at least 4 members (excludes halogenated alkanes) is 35. The highest BCUT2D eigenvalue weighted by molar-refractivity contribution is 5.91. The first-order valence-corrected chi connectivity index (χ1v) is 50.8. The molecule has 0 N–H and O–H groups in total. The van der Waals surface area contributed by atoms with Gasteiger partial charge < -0.3 is 90.0 Å². The van der Waals surface area contributed by atoms with E-state index in [1.165, 1.54) is 104 Å². The first-order valence-electron chi connectivity index (χ1n) is 50.8. The lowest BCUT2D eigenvalue weighted by molar-refractivity contribution is -0.135. The molecule has 0 amide bonds. The third-order valence-corrected chi connectivity index (χ3v) is 23.5. The fourth-order valence-electron chi connectivity index (χ4n) is 15.5. The number of methoxy groups -OCH3 is 8. The molecule has 7 aromatic carbocycles. The van der Waals surface area contributed by atoms with E-state index in [9.17, 15) is 24.0 Å². The largest absolute Gasteiger partial charge is 0.493 e. The minimum atomic E-state index is -0.452. The molecule has 7 aromatic rings. The zero-order valence-corrected chi connectivity index (χ0v) is 84.6. The summed E-state index contributed by atoms with van der Waals surface area (Å²) < 4.78 is 111. The fourth-order valence-corrected chi connectivity index (χ4v) is 15.5. The van der Waals surface area contributed by atoms with Crippen molar-refractivity contribution in [1.29, 1.82) is 0 Å². The van der Waals surface area contributed by atoms with Gasteiger partial charge in [0.2, 0.25) is 0 Å². The van der Waals surface area contributed by atoms with Crippen molar-refractivity contribution in [1.82, 2.24) is 0 Å². The van der Waals surface area contributed by atoms with Crippen molar-refractivity contribution in [2.24, 2.45) is 0 Å². The van der Waals surface area contributed by atoms with Crippen LogP contribution in [-0.4, -0.2) is 146 Å². The summed E-state index contributed by atoms with van der Waals surface area (Å²) in [5, 5.41) is 0. The van der Waals surface area contributed by atoms with Gasteiger partial charge in [-0.1, -0.05) is 230 Å². The van der Waals surface area contributed by atoms with Crippen LogP contribution in [0.5, 0.6) is 80.5 Å². The normalized spacial score (nSPS) is 11.3. The summed E-state index contributed by atoms with van der Waals surface area (Å²) in [6.45, 7) is 7.41. The molecule has 0 aliphatic carbocycles. The highest BCUT2D eigenvalue weighted by Gasteiger charge is 2.18. The molecule has 24 nitrogen and oxygen atoms in total. The maximum atomic E-state index is 14.0. The van der Waals surface area contributed by atoms with Gasteiger partial charge in [-0.25, -0.2) is 24.0 Å². The predicted octanol–water partition coefficient (Wildman–Crippen LogP) is 27.2. The van der Waals surface area contributed by atoms with Gasteiger partial charge in [0.1, 0.15) is 47.7 Å². The summed E-state index contributed by atoms with van der Waals surface area (Å²) in [6.07, 6.45) is 55.2. The number of rotatable bonds is 80. The van der Waals surface area contributed by atoms with Gasteiger partial charge >= 0.3 is 29.8 Å². The SMILES string of the molecule is CCCCCCOC(=O)c1cc(OCc2cc(OCCCCCCCCCCCOc3ccc(C=CC(=O)OC)cc3OC)cc(OCCCCCCCCCCCOc3ccc(C=CC(=O)OC)cc3OC)c2)cc(OCc2cc(OCCCCCCCCCCCOc3ccc(C=CC(=O)OC)cc3OC)cc(OCCCCCCCCCCCOc3ccc(C=CC(=O)OC)cc3OC)c2)c1. The summed E-state index contributed by atoms with van der Waals surface area (Å²) in [5.74, 6) is 6.77. The second kappa shape index (κ2) is 72.4. The quantitative estimate of drug-likeness (QED) is 0.0148. The van der Waals surface area contributed by atoms with Crippen LogP contribution in [0, 0.1) is 0 Å². The third-order valence-electron chi connectivity index (χ3n) is 23.5. The van der Waals surface area contributed by atoms with Gasteiger partial charge in [0.15, 0.2) is 46.0 Å². The summed E-state index contributed by atoms with van der Waals surface area (Å²) in [6, 6.07) is 39.7. The van der Waals surface area contributed by atoms with E-state index in [0.29, 0.717) is 146 Å². The van der Waals surface area contributed by atoms with E-state index < -0.39 is 29.8 Å². The number of benzene rings is 7. The molecule has 0 aromatic heterocycles. The van der Waals surface area contributed by atoms with Gasteiger partial charge in [0.25, 0.3) is 0 Å². The van der Waals surface area contributed by atoms with Crippen molar-refractivity contribution in [2.75, 3.05) is 116 Å². The van der Waals surface area contributed by atoms with Crippen LogP contribution in [-0.2, 0) is 56.1 Å². The van der Waals surface area contributed by atoms with E-state index in [1.54, 1.807) is 64.9 Å². The van der Waals surface area contributed by atoms with Crippen molar-refractivity contribution in [3.63, 3.8) is 0 Å². The molecule has 0 bridgehead atoms. The lowest BCUT2D eigenvalue weighted by Gasteiger charge is -2.16. The second-order valence-corrected chi connectivity index (χ2v) is 34.7. The predicted molar refractivity (Wildman–Crippen MR) is 549 cm³/mol. The molecule has 0 saturated heterocycles. The van der Waals surface area contributed by atoms with Crippen molar-refractivity contribution >= 4 is 54.2 Å². The molecule has 0 unspecified atom stereocenters. The smallest absolute Gasteiger partial charge is 0.338 e. The topological polar surface area (TPSA) is 261 Å². The zero-order chi connectivity index (χ0) is 99.0. The monoisotopic (exact) mass is 1920 g/mol. The maximum Gasteiger partial charge on any atom is 0.338 e. The third kappa shape index (κ3) is 50.0. The molecular formula is C115H158O24. The molecular weight excluding hydrogens is 1770 g/mol.